The Balaban J connectivity index is 2.77. The van der Waals surface area contributed by atoms with Crippen molar-refractivity contribution >= 4 is 7.60 Å². The minimum absolute atomic E-state index is 0.316. The van der Waals surface area contributed by atoms with Crippen molar-refractivity contribution in [2.45, 2.75) is 20.4 Å². The van der Waals surface area contributed by atoms with Crippen LogP contribution in [0.4, 0.5) is 0 Å². The highest BCUT2D eigenvalue weighted by atomic mass is 31.2. The lowest BCUT2D eigenvalue weighted by atomic mass is 10.3. The Hall–Kier alpha value is -1.16. The van der Waals surface area contributed by atoms with E-state index in [1.165, 1.54) is 0 Å². The second-order valence-electron chi connectivity index (χ2n) is 3.97. The van der Waals surface area contributed by atoms with Crippen LogP contribution >= 0.6 is 7.60 Å². The Morgan fingerprint density at radius 2 is 2.05 bits per heavy atom. The summed E-state index contributed by atoms with van der Waals surface area (Å²) in [6.45, 7) is 8.59. The molecule has 1 aromatic rings. The molecule has 0 radical (unpaired) electrons. The molecule has 0 amide bonds. The van der Waals surface area contributed by atoms with Gasteiger partial charge in [0.2, 0.25) is 0 Å². The van der Waals surface area contributed by atoms with Crippen LogP contribution in [-0.4, -0.2) is 30.1 Å². The molecule has 0 aromatic carbocycles. The normalized spacial score (nSPS) is 11.3. The standard InChI is InChI=1S/C13H21N2O3P/c1-5-17-19(16,18-6-2)12(3)15(4)11-13-8-7-9-14-10-13/h7-10H,3,5-6,11H2,1-2,4H3. The van der Waals surface area contributed by atoms with Crippen LogP contribution in [0.3, 0.4) is 0 Å². The van der Waals surface area contributed by atoms with E-state index < -0.39 is 7.60 Å². The SMILES string of the molecule is C=C(N(C)Cc1cccnc1)P(=O)(OCC)OCC. The topological polar surface area (TPSA) is 51.7 Å². The van der Waals surface area contributed by atoms with Crippen LogP contribution in [0.25, 0.3) is 0 Å². The van der Waals surface area contributed by atoms with Gasteiger partial charge in [-0.3, -0.25) is 9.55 Å². The number of rotatable bonds is 8. The fourth-order valence-corrected chi connectivity index (χ4v) is 3.13. The summed E-state index contributed by atoms with van der Waals surface area (Å²) in [5, 5.41) is 0. The Labute approximate surface area is 114 Å². The molecule has 1 rings (SSSR count). The van der Waals surface area contributed by atoms with E-state index in [0.29, 0.717) is 25.2 Å². The van der Waals surface area contributed by atoms with Gasteiger partial charge >= 0.3 is 7.60 Å². The predicted octanol–water partition coefficient (Wildman–Crippen LogP) is 3.25. The fraction of sp³-hybridized carbons (Fsp3) is 0.462. The second kappa shape index (κ2) is 7.43. The summed E-state index contributed by atoms with van der Waals surface area (Å²) in [7, 11) is -1.49. The molecule has 0 bridgehead atoms. The highest BCUT2D eigenvalue weighted by Gasteiger charge is 2.30. The van der Waals surface area contributed by atoms with Crippen LogP contribution < -0.4 is 0 Å². The van der Waals surface area contributed by atoms with Crippen molar-refractivity contribution in [3.05, 3.63) is 42.1 Å². The Morgan fingerprint density at radius 3 is 2.53 bits per heavy atom. The highest BCUT2D eigenvalue weighted by molar-refractivity contribution is 7.58. The third-order valence-corrected chi connectivity index (χ3v) is 4.67. The van der Waals surface area contributed by atoms with Crippen molar-refractivity contribution in [2.75, 3.05) is 20.3 Å². The van der Waals surface area contributed by atoms with E-state index in [1.807, 2.05) is 12.1 Å². The summed E-state index contributed by atoms with van der Waals surface area (Å²) in [5.74, 6) is 0. The van der Waals surface area contributed by atoms with Gasteiger partial charge in [0, 0.05) is 26.0 Å². The van der Waals surface area contributed by atoms with Crippen LogP contribution in [-0.2, 0) is 20.2 Å². The zero-order valence-electron chi connectivity index (χ0n) is 11.7. The molecule has 0 atom stereocenters. The van der Waals surface area contributed by atoms with Gasteiger partial charge in [-0.2, -0.15) is 0 Å². The number of hydrogen-bond donors (Lipinski definition) is 0. The van der Waals surface area contributed by atoms with Gasteiger partial charge in [-0.1, -0.05) is 12.6 Å². The first-order valence-electron chi connectivity index (χ1n) is 6.22. The quantitative estimate of drug-likeness (QED) is 0.686. The number of aromatic nitrogens is 1. The lowest BCUT2D eigenvalue weighted by Crippen LogP contribution is -2.18. The first kappa shape index (κ1) is 15.9. The molecule has 0 aliphatic carbocycles. The Bertz CT molecular complexity index is 440. The molecule has 5 nitrogen and oxygen atoms in total. The molecule has 0 N–H and O–H groups in total. The van der Waals surface area contributed by atoms with Crippen molar-refractivity contribution in [1.82, 2.24) is 9.88 Å². The summed E-state index contributed by atoms with van der Waals surface area (Å²) < 4.78 is 23.1. The smallest absolute Gasteiger partial charge is 0.364 e. The monoisotopic (exact) mass is 284 g/mol. The molecule has 6 heteroatoms. The molecule has 0 unspecified atom stereocenters. The van der Waals surface area contributed by atoms with Crippen LogP contribution in [0.15, 0.2) is 36.5 Å². The summed E-state index contributed by atoms with van der Waals surface area (Å²) in [6.07, 6.45) is 3.47. The maximum atomic E-state index is 12.5. The third kappa shape index (κ3) is 4.46. The number of pyridine rings is 1. The van der Waals surface area contributed by atoms with Crippen molar-refractivity contribution in [3.8, 4) is 0 Å². The minimum Gasteiger partial charge on any atom is -0.364 e. The number of nitrogens with zero attached hydrogens (tertiary/aromatic N) is 2. The average molecular weight is 284 g/mol. The lowest BCUT2D eigenvalue weighted by Gasteiger charge is -2.27. The molecule has 1 aromatic heterocycles. The number of hydrogen-bond acceptors (Lipinski definition) is 5. The molecule has 0 saturated carbocycles. The van der Waals surface area contributed by atoms with Gasteiger partial charge < -0.3 is 13.9 Å². The summed E-state index contributed by atoms with van der Waals surface area (Å²) in [5.41, 5.74) is 1.37. The van der Waals surface area contributed by atoms with Crippen molar-refractivity contribution in [1.29, 1.82) is 0 Å². The van der Waals surface area contributed by atoms with E-state index in [-0.39, 0.29) is 0 Å². The van der Waals surface area contributed by atoms with Crippen molar-refractivity contribution in [3.63, 3.8) is 0 Å². The molecular weight excluding hydrogens is 263 g/mol. The summed E-state index contributed by atoms with van der Waals surface area (Å²) in [4.78, 5) is 5.81. The van der Waals surface area contributed by atoms with Crippen LogP contribution in [0.5, 0.6) is 0 Å². The molecule has 106 valence electrons. The van der Waals surface area contributed by atoms with Crippen LogP contribution in [0, 0.1) is 0 Å². The maximum absolute atomic E-state index is 12.5. The molecule has 1 heterocycles. The molecule has 0 spiro atoms. The van der Waals surface area contributed by atoms with Gasteiger partial charge in [0.05, 0.1) is 13.2 Å². The maximum Gasteiger partial charge on any atom is 0.376 e. The van der Waals surface area contributed by atoms with Gasteiger partial charge in [-0.25, -0.2) is 0 Å². The van der Waals surface area contributed by atoms with Crippen molar-refractivity contribution < 1.29 is 13.6 Å². The Kier molecular flexibility index (Phi) is 6.22. The molecule has 0 aliphatic heterocycles. The third-order valence-electron chi connectivity index (χ3n) is 2.50. The zero-order chi connectivity index (χ0) is 14.3. The second-order valence-corrected chi connectivity index (χ2v) is 5.99. The molecule has 19 heavy (non-hydrogen) atoms. The Morgan fingerprint density at radius 1 is 1.42 bits per heavy atom. The fourth-order valence-electron chi connectivity index (χ4n) is 1.59. The molecule has 0 fully saturated rings. The minimum atomic E-state index is -3.29. The highest BCUT2D eigenvalue weighted by Crippen LogP contribution is 2.56. The summed E-state index contributed by atoms with van der Waals surface area (Å²) in [6, 6.07) is 3.81. The molecular formula is C13H21N2O3P. The lowest BCUT2D eigenvalue weighted by molar-refractivity contribution is 0.216. The van der Waals surface area contributed by atoms with Gasteiger partial charge in [-0.15, -0.1) is 0 Å². The van der Waals surface area contributed by atoms with E-state index in [2.05, 4.69) is 11.6 Å². The first-order chi connectivity index (χ1) is 9.03. The van der Waals surface area contributed by atoms with E-state index in [4.69, 9.17) is 9.05 Å². The van der Waals surface area contributed by atoms with Gasteiger partial charge in [0.25, 0.3) is 0 Å². The van der Waals surface area contributed by atoms with Gasteiger partial charge in [-0.05, 0) is 25.5 Å². The van der Waals surface area contributed by atoms with E-state index >= 15 is 0 Å². The predicted molar refractivity (Wildman–Crippen MR) is 75.7 cm³/mol. The van der Waals surface area contributed by atoms with Crippen LogP contribution in [0.1, 0.15) is 19.4 Å². The molecule has 0 aliphatic rings. The van der Waals surface area contributed by atoms with E-state index in [1.54, 1.807) is 38.2 Å². The average Bonchev–Trinajstić information content (AvgIpc) is 2.39. The van der Waals surface area contributed by atoms with Crippen LogP contribution in [0.2, 0.25) is 0 Å². The van der Waals surface area contributed by atoms with Crippen molar-refractivity contribution in [2.24, 2.45) is 0 Å². The first-order valence-corrected chi connectivity index (χ1v) is 7.76. The summed E-state index contributed by atoms with van der Waals surface area (Å²) >= 11 is 0. The molecule has 0 saturated heterocycles. The largest absolute Gasteiger partial charge is 0.376 e. The van der Waals surface area contributed by atoms with E-state index in [9.17, 15) is 4.57 Å². The van der Waals surface area contributed by atoms with E-state index in [0.717, 1.165) is 5.56 Å². The zero-order valence-corrected chi connectivity index (χ0v) is 12.6. The van der Waals surface area contributed by atoms with Gasteiger partial charge in [0.1, 0.15) is 5.44 Å². The van der Waals surface area contributed by atoms with Gasteiger partial charge in [0.15, 0.2) is 0 Å².